The van der Waals surface area contributed by atoms with Crippen LogP contribution in [0.25, 0.3) is 11.3 Å². The molecule has 0 saturated carbocycles. The van der Waals surface area contributed by atoms with Crippen LogP contribution in [0.2, 0.25) is 5.02 Å². The van der Waals surface area contributed by atoms with Crippen LogP contribution in [-0.4, -0.2) is 36.3 Å². The molecule has 0 radical (unpaired) electrons. The molecule has 1 aromatic heterocycles. The van der Waals surface area contributed by atoms with Crippen LogP contribution in [-0.2, 0) is 0 Å². The molecule has 0 amide bonds. The maximum atomic E-state index is 6.14. The van der Waals surface area contributed by atoms with Gasteiger partial charge in [-0.05, 0) is 74.2 Å². The molecule has 150 valence electrons. The highest BCUT2D eigenvalue weighted by molar-refractivity contribution is 6.30. The average Bonchev–Trinajstić information content (AvgIpc) is 3.31. The Kier molecular flexibility index (Phi) is 4.84. The summed E-state index contributed by atoms with van der Waals surface area (Å²) in [5, 5.41) is 5.19. The fraction of sp³-hybridized carbons (Fsp3) is 0.375. The van der Waals surface area contributed by atoms with E-state index < -0.39 is 0 Å². The highest BCUT2D eigenvalue weighted by Gasteiger charge is 2.48. The van der Waals surface area contributed by atoms with E-state index in [9.17, 15) is 0 Å². The summed E-state index contributed by atoms with van der Waals surface area (Å²) in [6.07, 6.45) is 3.59. The first-order valence-corrected chi connectivity index (χ1v) is 10.6. The van der Waals surface area contributed by atoms with Gasteiger partial charge < -0.3 is 9.26 Å². The molecule has 0 N–H and O–H groups in total. The Morgan fingerprint density at radius 3 is 2.55 bits per heavy atom. The van der Waals surface area contributed by atoms with E-state index >= 15 is 0 Å². The molecule has 2 aliphatic rings. The van der Waals surface area contributed by atoms with Crippen molar-refractivity contribution >= 4 is 11.6 Å². The summed E-state index contributed by atoms with van der Waals surface area (Å²) in [7, 11) is 3.93. The van der Waals surface area contributed by atoms with Crippen LogP contribution >= 0.6 is 11.6 Å². The number of piperidine rings is 1. The average molecular weight is 409 g/mol. The molecule has 3 heterocycles. The van der Waals surface area contributed by atoms with Gasteiger partial charge in [0.2, 0.25) is 0 Å². The maximum Gasteiger partial charge on any atom is 0.142 e. The van der Waals surface area contributed by atoms with Crippen molar-refractivity contribution in [2.45, 2.75) is 43.2 Å². The minimum absolute atomic E-state index is 0.291. The summed E-state index contributed by atoms with van der Waals surface area (Å²) in [5.74, 6) is 2.52. The van der Waals surface area contributed by atoms with Gasteiger partial charge in [-0.2, -0.15) is 0 Å². The van der Waals surface area contributed by atoms with E-state index in [2.05, 4.69) is 35.3 Å². The zero-order chi connectivity index (χ0) is 20.0. The van der Waals surface area contributed by atoms with E-state index in [1.54, 1.807) is 7.11 Å². The number of likely N-dealkylation sites (N-methyl/N-ethyl adjacent to an activating group) is 1. The third-order valence-electron chi connectivity index (χ3n) is 6.81. The number of fused-ring (bicyclic) bond motifs is 2. The summed E-state index contributed by atoms with van der Waals surface area (Å²) >= 11 is 6.14. The zero-order valence-corrected chi connectivity index (χ0v) is 17.5. The standard InChI is InChI=1S/C24H25ClN2O2/c1-27-18-9-12-22(27)24(20(13-18)15-3-7-17(25)8-4-15)23-14-21(26-29-23)16-5-10-19(28-2)11-6-16/h3-8,10-11,14,18,20,22,24H,9,12-13H2,1-2H3/t18?,20?,22?,24-/m0/s1. The Morgan fingerprint density at radius 1 is 1.07 bits per heavy atom. The minimum Gasteiger partial charge on any atom is -0.497 e. The second kappa shape index (κ2) is 7.51. The number of ether oxygens (including phenoxy) is 1. The molecule has 5 heteroatoms. The van der Waals surface area contributed by atoms with Crippen LogP contribution in [0, 0.1) is 0 Å². The van der Waals surface area contributed by atoms with Crippen molar-refractivity contribution in [2.24, 2.45) is 0 Å². The van der Waals surface area contributed by atoms with Gasteiger partial charge in [0.15, 0.2) is 0 Å². The molecule has 2 aliphatic heterocycles. The van der Waals surface area contributed by atoms with Crippen LogP contribution in [0.5, 0.6) is 5.75 Å². The molecule has 4 nitrogen and oxygen atoms in total. The van der Waals surface area contributed by atoms with E-state index in [0.717, 1.165) is 34.2 Å². The van der Waals surface area contributed by atoms with Crippen molar-refractivity contribution < 1.29 is 9.26 Å². The summed E-state index contributed by atoms with van der Waals surface area (Å²) in [6, 6.07) is 19.5. The number of hydrogen-bond donors (Lipinski definition) is 0. The quantitative estimate of drug-likeness (QED) is 0.552. The lowest BCUT2D eigenvalue weighted by Crippen LogP contribution is -2.44. The molecular formula is C24H25ClN2O2. The SMILES string of the molecule is COc1ccc(-c2cc([C@H]3C(c4ccc(Cl)cc4)CC4CCC3N4C)on2)cc1. The summed E-state index contributed by atoms with van der Waals surface area (Å²) in [6.45, 7) is 0. The lowest BCUT2D eigenvalue weighted by Gasteiger charge is -2.42. The second-order valence-electron chi connectivity index (χ2n) is 8.23. The lowest BCUT2D eigenvalue weighted by molar-refractivity contribution is 0.122. The van der Waals surface area contributed by atoms with E-state index in [1.807, 2.05) is 36.4 Å². The van der Waals surface area contributed by atoms with Crippen LogP contribution in [0.1, 0.15) is 42.4 Å². The molecule has 2 aromatic carbocycles. The zero-order valence-electron chi connectivity index (χ0n) is 16.7. The van der Waals surface area contributed by atoms with E-state index in [1.165, 1.54) is 18.4 Å². The number of nitrogens with zero attached hydrogens (tertiary/aromatic N) is 2. The maximum absolute atomic E-state index is 6.14. The van der Waals surface area contributed by atoms with Gasteiger partial charge in [0.25, 0.3) is 0 Å². The van der Waals surface area contributed by atoms with Crippen LogP contribution in [0.4, 0.5) is 0 Å². The Morgan fingerprint density at radius 2 is 1.83 bits per heavy atom. The third kappa shape index (κ3) is 3.34. The van der Waals surface area contributed by atoms with Gasteiger partial charge in [0.05, 0.1) is 7.11 Å². The van der Waals surface area contributed by atoms with Crippen molar-refractivity contribution in [3.05, 3.63) is 70.9 Å². The van der Waals surface area contributed by atoms with Gasteiger partial charge in [-0.15, -0.1) is 0 Å². The molecule has 4 atom stereocenters. The number of aromatic nitrogens is 1. The molecule has 0 spiro atoms. The predicted molar refractivity (Wildman–Crippen MR) is 115 cm³/mol. The molecule has 2 fully saturated rings. The summed E-state index contributed by atoms with van der Waals surface area (Å²) in [4.78, 5) is 2.55. The summed E-state index contributed by atoms with van der Waals surface area (Å²) < 4.78 is 11.2. The molecule has 5 rings (SSSR count). The van der Waals surface area contributed by atoms with Gasteiger partial charge in [-0.1, -0.05) is 28.9 Å². The van der Waals surface area contributed by atoms with Gasteiger partial charge in [0.1, 0.15) is 17.2 Å². The highest BCUT2D eigenvalue weighted by atomic mass is 35.5. The van der Waals surface area contributed by atoms with Gasteiger partial charge in [-0.3, -0.25) is 4.90 Å². The minimum atomic E-state index is 0.291. The van der Waals surface area contributed by atoms with E-state index in [0.29, 0.717) is 23.9 Å². The van der Waals surface area contributed by atoms with Crippen molar-refractivity contribution in [3.63, 3.8) is 0 Å². The Bertz CT molecular complexity index is 983. The lowest BCUT2D eigenvalue weighted by atomic mass is 9.75. The van der Waals surface area contributed by atoms with Crippen LogP contribution in [0.15, 0.2) is 59.1 Å². The number of methoxy groups -OCH3 is 1. The number of rotatable bonds is 4. The summed E-state index contributed by atoms with van der Waals surface area (Å²) in [5.41, 5.74) is 3.25. The molecule has 0 aliphatic carbocycles. The molecule has 3 unspecified atom stereocenters. The van der Waals surface area contributed by atoms with Crippen molar-refractivity contribution in [1.29, 1.82) is 0 Å². The Balaban J connectivity index is 1.50. The van der Waals surface area contributed by atoms with Crippen LogP contribution < -0.4 is 4.74 Å². The first-order valence-electron chi connectivity index (χ1n) is 10.2. The fourth-order valence-corrected chi connectivity index (χ4v) is 5.38. The molecular weight excluding hydrogens is 384 g/mol. The monoisotopic (exact) mass is 408 g/mol. The van der Waals surface area contributed by atoms with Crippen molar-refractivity contribution in [2.75, 3.05) is 14.2 Å². The van der Waals surface area contributed by atoms with Gasteiger partial charge in [0, 0.05) is 34.7 Å². The second-order valence-corrected chi connectivity index (χ2v) is 8.66. The van der Waals surface area contributed by atoms with E-state index in [-0.39, 0.29) is 0 Å². The number of halogens is 1. The third-order valence-corrected chi connectivity index (χ3v) is 7.06. The fourth-order valence-electron chi connectivity index (χ4n) is 5.25. The largest absolute Gasteiger partial charge is 0.497 e. The molecule has 2 saturated heterocycles. The first-order chi connectivity index (χ1) is 14.1. The Hall–Kier alpha value is -2.30. The molecule has 3 aromatic rings. The first kappa shape index (κ1) is 18.7. The van der Waals surface area contributed by atoms with Crippen LogP contribution in [0.3, 0.4) is 0 Å². The number of benzene rings is 2. The topological polar surface area (TPSA) is 38.5 Å². The van der Waals surface area contributed by atoms with E-state index in [4.69, 9.17) is 20.9 Å². The smallest absolute Gasteiger partial charge is 0.142 e. The molecule has 2 bridgehead atoms. The number of hydrogen-bond acceptors (Lipinski definition) is 4. The van der Waals surface area contributed by atoms with Gasteiger partial charge in [-0.25, -0.2) is 0 Å². The molecule has 29 heavy (non-hydrogen) atoms. The van der Waals surface area contributed by atoms with Crippen molar-refractivity contribution in [3.8, 4) is 17.0 Å². The van der Waals surface area contributed by atoms with Gasteiger partial charge >= 0.3 is 0 Å². The van der Waals surface area contributed by atoms with Crippen molar-refractivity contribution in [1.82, 2.24) is 10.1 Å². The normalized spacial score (nSPS) is 26.6. The predicted octanol–water partition coefficient (Wildman–Crippen LogP) is 5.74. The highest BCUT2D eigenvalue weighted by Crippen LogP contribution is 2.51. The Labute approximate surface area is 176 Å².